The van der Waals surface area contributed by atoms with E-state index in [2.05, 4.69) is 35.1 Å². The number of carboxylic acid groups (broad SMARTS) is 1. The molecule has 2 unspecified atom stereocenters. The Balaban J connectivity index is 1.85. The molecule has 0 saturated carbocycles. The molecule has 7 heteroatoms. The van der Waals surface area contributed by atoms with Gasteiger partial charge in [-0.05, 0) is 68.4 Å². The molecule has 1 aromatic carbocycles. The molecule has 1 aliphatic heterocycles. The van der Waals surface area contributed by atoms with Crippen LogP contribution in [0.3, 0.4) is 0 Å². The van der Waals surface area contributed by atoms with Gasteiger partial charge in [0.25, 0.3) is 0 Å². The minimum absolute atomic E-state index is 0.0270. The molecule has 0 spiro atoms. The van der Waals surface area contributed by atoms with E-state index in [1.807, 2.05) is 41.8 Å². The summed E-state index contributed by atoms with van der Waals surface area (Å²) in [6, 6.07) is 15.1. The lowest BCUT2D eigenvalue weighted by molar-refractivity contribution is 0.0697. The van der Waals surface area contributed by atoms with Gasteiger partial charge in [0.05, 0.1) is 29.0 Å². The van der Waals surface area contributed by atoms with Gasteiger partial charge >= 0.3 is 5.97 Å². The quantitative estimate of drug-likeness (QED) is 0.498. The van der Waals surface area contributed by atoms with Gasteiger partial charge in [0.15, 0.2) is 5.11 Å². The summed E-state index contributed by atoms with van der Waals surface area (Å²) < 4.78 is 2.04. The highest BCUT2D eigenvalue weighted by atomic mass is 32.1. The third kappa shape index (κ3) is 3.88. The maximum Gasteiger partial charge on any atom is 0.337 e. The fraction of sp³-hybridized carbons (Fsp3) is 0.320. The minimum Gasteiger partial charge on any atom is -0.478 e. The Hall–Kier alpha value is -3.19. The van der Waals surface area contributed by atoms with Crippen LogP contribution in [0.2, 0.25) is 0 Å². The summed E-state index contributed by atoms with van der Waals surface area (Å²) in [5, 5.41) is 14.0. The lowest BCUT2D eigenvalue weighted by Gasteiger charge is -2.28. The summed E-state index contributed by atoms with van der Waals surface area (Å²) >= 11 is 5.74. The highest BCUT2D eigenvalue weighted by molar-refractivity contribution is 7.80. The number of aromatic carboxylic acids is 1. The molecule has 2 N–H and O–H groups in total. The van der Waals surface area contributed by atoms with Crippen molar-refractivity contribution >= 4 is 23.3 Å². The van der Waals surface area contributed by atoms with Crippen LogP contribution < -0.4 is 5.32 Å². The van der Waals surface area contributed by atoms with Crippen molar-refractivity contribution < 1.29 is 9.90 Å². The van der Waals surface area contributed by atoms with E-state index in [0.717, 1.165) is 47.1 Å². The lowest BCUT2D eigenvalue weighted by atomic mass is 9.96. The molecule has 1 fully saturated rings. The van der Waals surface area contributed by atoms with Crippen LogP contribution in [0.15, 0.2) is 54.7 Å². The Kier molecular flexibility index (Phi) is 6.28. The summed E-state index contributed by atoms with van der Waals surface area (Å²) in [4.78, 5) is 18.7. The molecule has 1 aliphatic rings. The molecule has 3 heterocycles. The van der Waals surface area contributed by atoms with Crippen LogP contribution >= 0.6 is 12.2 Å². The number of hydrogen-bond donors (Lipinski definition) is 2. The molecule has 1 saturated heterocycles. The molecule has 166 valence electrons. The molecule has 4 rings (SSSR count). The van der Waals surface area contributed by atoms with Crippen LogP contribution in [-0.4, -0.2) is 37.2 Å². The number of rotatable bonds is 7. The maximum atomic E-state index is 11.9. The number of aryl methyl sites for hydroxylation is 1. The van der Waals surface area contributed by atoms with E-state index in [4.69, 9.17) is 12.2 Å². The van der Waals surface area contributed by atoms with Gasteiger partial charge < -0.3 is 19.9 Å². The predicted molar refractivity (Wildman–Crippen MR) is 129 cm³/mol. The average Bonchev–Trinajstić information content (AvgIpc) is 3.27. The van der Waals surface area contributed by atoms with E-state index in [1.54, 1.807) is 18.3 Å². The van der Waals surface area contributed by atoms with Crippen LogP contribution in [0.5, 0.6) is 0 Å². The molecular weight excluding hydrogens is 420 g/mol. The van der Waals surface area contributed by atoms with Gasteiger partial charge in [-0.3, -0.25) is 4.98 Å². The third-order valence-electron chi connectivity index (χ3n) is 6.11. The van der Waals surface area contributed by atoms with Gasteiger partial charge in [-0.25, -0.2) is 4.79 Å². The monoisotopic (exact) mass is 448 g/mol. The van der Waals surface area contributed by atoms with Crippen molar-refractivity contribution in [3.8, 4) is 5.69 Å². The van der Waals surface area contributed by atoms with Crippen molar-refractivity contribution in [2.45, 2.75) is 45.7 Å². The Morgan fingerprint density at radius 3 is 2.62 bits per heavy atom. The zero-order valence-electron chi connectivity index (χ0n) is 18.6. The van der Waals surface area contributed by atoms with E-state index in [0.29, 0.717) is 5.69 Å². The molecule has 2 atom stereocenters. The second-order valence-corrected chi connectivity index (χ2v) is 8.54. The summed E-state index contributed by atoms with van der Waals surface area (Å²) in [6.45, 7) is 7.09. The van der Waals surface area contributed by atoms with E-state index in [9.17, 15) is 9.90 Å². The number of carbonyl (C=O) groups is 1. The largest absolute Gasteiger partial charge is 0.478 e. The Morgan fingerprint density at radius 2 is 1.94 bits per heavy atom. The van der Waals surface area contributed by atoms with E-state index < -0.39 is 5.97 Å². The van der Waals surface area contributed by atoms with Gasteiger partial charge in [-0.15, -0.1) is 0 Å². The fourth-order valence-electron chi connectivity index (χ4n) is 4.62. The second-order valence-electron chi connectivity index (χ2n) is 8.16. The molecule has 0 amide bonds. The second kappa shape index (κ2) is 9.12. The Bertz CT molecular complexity index is 1140. The fourth-order valence-corrected chi connectivity index (χ4v) is 4.95. The van der Waals surface area contributed by atoms with Crippen LogP contribution in [0.4, 0.5) is 0 Å². The first-order chi connectivity index (χ1) is 15.4. The number of aromatic nitrogens is 2. The smallest absolute Gasteiger partial charge is 0.337 e. The number of benzene rings is 1. The number of pyridine rings is 1. The Morgan fingerprint density at radius 1 is 1.19 bits per heavy atom. The number of thiocarbonyl (C=S) groups is 1. The van der Waals surface area contributed by atoms with Crippen LogP contribution in [0, 0.1) is 13.8 Å². The summed E-state index contributed by atoms with van der Waals surface area (Å²) in [5.41, 5.74) is 5.01. The number of unbranched alkanes of at least 4 members (excludes halogenated alkanes) is 1. The number of nitrogens with zero attached hydrogens (tertiary/aromatic N) is 3. The SMILES string of the molecule is CCCCN1C(=S)NC(c2ccccn2)C1c1cc(C)n(-c2ccccc2C(=O)O)c1C. The number of para-hydroxylation sites is 1. The van der Waals surface area contributed by atoms with Gasteiger partial charge in [-0.2, -0.15) is 0 Å². The minimum atomic E-state index is -0.936. The lowest BCUT2D eigenvalue weighted by Crippen LogP contribution is -2.30. The number of carboxylic acids is 1. The summed E-state index contributed by atoms with van der Waals surface area (Å²) in [6.07, 6.45) is 3.91. The average molecular weight is 449 g/mol. The molecular formula is C25H28N4O2S. The number of nitrogens with one attached hydrogen (secondary N) is 1. The first-order valence-electron chi connectivity index (χ1n) is 10.9. The van der Waals surface area contributed by atoms with Crippen LogP contribution in [0.1, 0.15) is 64.9 Å². The van der Waals surface area contributed by atoms with Gasteiger partial charge in [0.2, 0.25) is 0 Å². The van der Waals surface area contributed by atoms with Crippen molar-refractivity contribution in [2.24, 2.45) is 0 Å². The molecule has 0 aliphatic carbocycles. The standard InChI is InChI=1S/C25H28N4O2S/c1-4-5-14-28-23(22(27-25(28)32)20-11-8-9-13-26-20)19-15-16(2)29(17(19)3)21-12-7-6-10-18(21)24(30)31/h6-13,15,22-23H,4-5,14H2,1-3H3,(H,27,32)(H,30,31). The third-order valence-corrected chi connectivity index (χ3v) is 6.47. The first kappa shape index (κ1) is 22.0. The van der Waals surface area contributed by atoms with Crippen molar-refractivity contribution in [1.29, 1.82) is 0 Å². The molecule has 0 bridgehead atoms. The maximum absolute atomic E-state index is 11.9. The summed E-state index contributed by atoms with van der Waals surface area (Å²) in [7, 11) is 0. The molecule has 32 heavy (non-hydrogen) atoms. The normalized spacial score (nSPS) is 18.1. The van der Waals surface area contributed by atoms with Crippen molar-refractivity contribution in [3.05, 3.63) is 82.9 Å². The molecule has 6 nitrogen and oxygen atoms in total. The van der Waals surface area contributed by atoms with Crippen molar-refractivity contribution in [2.75, 3.05) is 6.54 Å². The molecule has 2 aromatic heterocycles. The van der Waals surface area contributed by atoms with E-state index in [-0.39, 0.29) is 17.6 Å². The highest BCUT2D eigenvalue weighted by Crippen LogP contribution is 2.41. The zero-order chi connectivity index (χ0) is 22.8. The van der Waals surface area contributed by atoms with E-state index in [1.165, 1.54) is 0 Å². The molecule has 0 radical (unpaired) electrons. The zero-order valence-corrected chi connectivity index (χ0v) is 19.4. The van der Waals surface area contributed by atoms with Gasteiger partial charge in [0, 0.05) is 24.1 Å². The van der Waals surface area contributed by atoms with Gasteiger partial charge in [-0.1, -0.05) is 31.5 Å². The first-order valence-corrected chi connectivity index (χ1v) is 11.3. The number of hydrogen-bond acceptors (Lipinski definition) is 3. The Labute approximate surface area is 193 Å². The molecule has 3 aromatic rings. The topological polar surface area (TPSA) is 70.4 Å². The summed E-state index contributed by atoms with van der Waals surface area (Å²) in [5.74, 6) is -0.936. The predicted octanol–water partition coefficient (Wildman–Crippen LogP) is 4.96. The van der Waals surface area contributed by atoms with Crippen LogP contribution in [-0.2, 0) is 0 Å². The van der Waals surface area contributed by atoms with Crippen LogP contribution in [0.25, 0.3) is 5.69 Å². The van der Waals surface area contributed by atoms with Gasteiger partial charge in [0.1, 0.15) is 0 Å². The van der Waals surface area contributed by atoms with Crippen molar-refractivity contribution in [1.82, 2.24) is 19.8 Å². The van der Waals surface area contributed by atoms with E-state index >= 15 is 0 Å². The van der Waals surface area contributed by atoms with Crippen molar-refractivity contribution in [3.63, 3.8) is 0 Å². The highest BCUT2D eigenvalue weighted by Gasteiger charge is 2.41.